The maximum atomic E-state index is 11.3. The minimum Gasteiger partial charge on any atom is -0.273 e. The first-order valence-electron chi connectivity index (χ1n) is 5.59. The lowest BCUT2D eigenvalue weighted by Crippen LogP contribution is -2.28. The summed E-state index contributed by atoms with van der Waals surface area (Å²) in [4.78, 5) is 11.3. The number of nitrogens with one attached hydrogen (secondary N) is 1. The molecule has 0 aromatic carbocycles. The molecule has 1 saturated carbocycles. The van der Waals surface area contributed by atoms with E-state index in [1.165, 1.54) is 0 Å². The standard InChI is InChI=1S/C11H14N4O/c1-6(2)15-5-7(4-12-15)10-8-3-9(8)11(16)14-13-10/h4-6,8-9H,3H2,1-2H3,(H,14,16)/t8-,9+/m0/s1. The Morgan fingerprint density at radius 3 is 3.00 bits per heavy atom. The van der Waals surface area contributed by atoms with E-state index in [-0.39, 0.29) is 11.8 Å². The van der Waals surface area contributed by atoms with Crippen molar-refractivity contribution in [3.63, 3.8) is 0 Å². The topological polar surface area (TPSA) is 59.3 Å². The second-order valence-electron chi connectivity index (χ2n) is 4.72. The van der Waals surface area contributed by atoms with Gasteiger partial charge in [-0.15, -0.1) is 0 Å². The average Bonchev–Trinajstić information content (AvgIpc) is 2.89. The van der Waals surface area contributed by atoms with Gasteiger partial charge in [-0.3, -0.25) is 9.48 Å². The SMILES string of the molecule is CC(C)n1cc(C2=NNC(=O)[C@@H]3C[C@H]23)cn1. The molecule has 2 atom stereocenters. The quantitative estimate of drug-likeness (QED) is 0.802. The number of hydrogen-bond acceptors (Lipinski definition) is 3. The van der Waals surface area contributed by atoms with Gasteiger partial charge in [-0.25, -0.2) is 5.43 Å². The van der Waals surface area contributed by atoms with Gasteiger partial charge in [-0.2, -0.15) is 10.2 Å². The molecule has 3 rings (SSSR count). The summed E-state index contributed by atoms with van der Waals surface area (Å²) in [5.74, 6) is 0.526. The van der Waals surface area contributed by atoms with Crippen molar-refractivity contribution in [3.8, 4) is 0 Å². The van der Waals surface area contributed by atoms with Crippen LogP contribution in [0, 0.1) is 11.8 Å². The Labute approximate surface area is 93.5 Å². The van der Waals surface area contributed by atoms with Crippen LogP contribution in [-0.2, 0) is 4.79 Å². The van der Waals surface area contributed by atoms with Crippen molar-refractivity contribution in [2.75, 3.05) is 0 Å². The summed E-state index contributed by atoms with van der Waals surface area (Å²) in [6.45, 7) is 4.17. The van der Waals surface area contributed by atoms with Crippen LogP contribution in [0.3, 0.4) is 0 Å². The number of aromatic nitrogens is 2. The summed E-state index contributed by atoms with van der Waals surface area (Å²) < 4.78 is 1.91. The smallest absolute Gasteiger partial charge is 0.243 e. The average molecular weight is 218 g/mol. The van der Waals surface area contributed by atoms with Crippen molar-refractivity contribution in [3.05, 3.63) is 18.0 Å². The highest BCUT2D eigenvalue weighted by molar-refractivity contribution is 6.09. The predicted octanol–water partition coefficient (Wildman–Crippen LogP) is 0.934. The molecule has 0 unspecified atom stereocenters. The van der Waals surface area contributed by atoms with Gasteiger partial charge in [-0.05, 0) is 20.3 Å². The number of fused-ring (bicyclic) bond motifs is 1. The van der Waals surface area contributed by atoms with Crippen LogP contribution in [0.4, 0.5) is 0 Å². The van der Waals surface area contributed by atoms with E-state index in [1.807, 2.05) is 17.1 Å². The number of nitrogens with zero attached hydrogens (tertiary/aromatic N) is 3. The highest BCUT2D eigenvalue weighted by atomic mass is 16.2. The molecule has 2 aliphatic rings. The van der Waals surface area contributed by atoms with Crippen LogP contribution in [0.2, 0.25) is 0 Å². The molecule has 0 saturated heterocycles. The van der Waals surface area contributed by atoms with Gasteiger partial charge in [0.25, 0.3) is 0 Å². The zero-order valence-corrected chi connectivity index (χ0v) is 9.34. The summed E-state index contributed by atoms with van der Waals surface area (Å²) in [6.07, 6.45) is 4.75. The third kappa shape index (κ3) is 1.35. The Morgan fingerprint density at radius 1 is 1.50 bits per heavy atom. The van der Waals surface area contributed by atoms with Gasteiger partial charge >= 0.3 is 0 Å². The van der Waals surface area contributed by atoms with Gasteiger partial charge in [-0.1, -0.05) is 0 Å². The van der Waals surface area contributed by atoms with Gasteiger partial charge in [0.2, 0.25) is 5.91 Å². The second-order valence-corrected chi connectivity index (χ2v) is 4.72. The van der Waals surface area contributed by atoms with Crippen molar-refractivity contribution in [1.82, 2.24) is 15.2 Å². The summed E-state index contributed by atoms with van der Waals surface area (Å²) >= 11 is 0. The first kappa shape index (κ1) is 9.57. The number of amides is 1. The van der Waals surface area contributed by atoms with Crippen LogP contribution in [0.1, 0.15) is 31.9 Å². The number of hydrogen-bond donors (Lipinski definition) is 1. The van der Waals surface area contributed by atoms with Crippen molar-refractivity contribution in [2.24, 2.45) is 16.9 Å². The lowest BCUT2D eigenvalue weighted by molar-refractivity contribution is -0.122. The largest absolute Gasteiger partial charge is 0.273 e. The van der Waals surface area contributed by atoms with Crippen molar-refractivity contribution in [1.29, 1.82) is 0 Å². The molecule has 5 nitrogen and oxygen atoms in total. The van der Waals surface area contributed by atoms with Gasteiger partial charge in [0.05, 0.1) is 11.9 Å². The fourth-order valence-electron chi connectivity index (χ4n) is 2.10. The van der Waals surface area contributed by atoms with Crippen LogP contribution in [0.5, 0.6) is 0 Å². The van der Waals surface area contributed by atoms with E-state index in [0.717, 1.165) is 17.7 Å². The van der Waals surface area contributed by atoms with Crippen LogP contribution in [0.25, 0.3) is 0 Å². The molecule has 1 aliphatic heterocycles. The third-order valence-corrected chi connectivity index (χ3v) is 3.19. The van der Waals surface area contributed by atoms with E-state index < -0.39 is 0 Å². The molecule has 0 radical (unpaired) electrons. The maximum Gasteiger partial charge on any atom is 0.243 e. The molecule has 2 heterocycles. The fourth-order valence-corrected chi connectivity index (χ4v) is 2.10. The molecule has 0 bridgehead atoms. The predicted molar refractivity (Wildman–Crippen MR) is 58.9 cm³/mol. The van der Waals surface area contributed by atoms with Crippen LogP contribution < -0.4 is 5.43 Å². The molecule has 84 valence electrons. The summed E-state index contributed by atoms with van der Waals surface area (Å²) in [5, 5.41) is 8.43. The number of rotatable bonds is 2. The molecule has 0 spiro atoms. The summed E-state index contributed by atoms with van der Waals surface area (Å²) in [6, 6.07) is 0.350. The van der Waals surface area contributed by atoms with E-state index in [0.29, 0.717) is 12.0 Å². The summed E-state index contributed by atoms with van der Waals surface area (Å²) in [7, 11) is 0. The van der Waals surface area contributed by atoms with Gasteiger partial charge in [0.1, 0.15) is 0 Å². The van der Waals surface area contributed by atoms with Crippen LogP contribution >= 0.6 is 0 Å². The number of carbonyl (C=O) groups is 1. The Hall–Kier alpha value is -1.65. The lowest BCUT2D eigenvalue weighted by Gasteiger charge is -2.09. The molecule has 16 heavy (non-hydrogen) atoms. The van der Waals surface area contributed by atoms with Gasteiger partial charge in [0, 0.05) is 29.6 Å². The van der Waals surface area contributed by atoms with Gasteiger partial charge in [0.15, 0.2) is 0 Å². The Kier molecular flexibility index (Phi) is 1.89. The van der Waals surface area contributed by atoms with E-state index >= 15 is 0 Å². The molecule has 1 amide bonds. The molecule has 1 aromatic rings. The third-order valence-electron chi connectivity index (χ3n) is 3.19. The minimum absolute atomic E-state index is 0.0602. The monoisotopic (exact) mass is 218 g/mol. The summed E-state index contributed by atoms with van der Waals surface area (Å²) in [5.41, 5.74) is 4.58. The molecule has 1 aliphatic carbocycles. The van der Waals surface area contributed by atoms with E-state index in [2.05, 4.69) is 29.5 Å². The Bertz CT molecular complexity index is 474. The Morgan fingerprint density at radius 2 is 2.31 bits per heavy atom. The van der Waals surface area contributed by atoms with Crippen LogP contribution in [0.15, 0.2) is 17.5 Å². The lowest BCUT2D eigenvalue weighted by atomic mass is 10.1. The van der Waals surface area contributed by atoms with E-state index in [1.54, 1.807) is 0 Å². The van der Waals surface area contributed by atoms with E-state index in [9.17, 15) is 4.79 Å². The van der Waals surface area contributed by atoms with Crippen LogP contribution in [-0.4, -0.2) is 21.4 Å². The van der Waals surface area contributed by atoms with Gasteiger partial charge < -0.3 is 0 Å². The first-order valence-corrected chi connectivity index (χ1v) is 5.59. The van der Waals surface area contributed by atoms with E-state index in [4.69, 9.17) is 0 Å². The molecule has 1 aromatic heterocycles. The zero-order valence-electron chi connectivity index (χ0n) is 9.34. The molecular weight excluding hydrogens is 204 g/mol. The molecule has 5 heteroatoms. The first-order chi connectivity index (χ1) is 7.66. The normalized spacial score (nSPS) is 27.4. The highest BCUT2D eigenvalue weighted by Crippen LogP contribution is 2.43. The molecular formula is C11H14N4O. The molecule has 1 fully saturated rings. The highest BCUT2D eigenvalue weighted by Gasteiger charge is 2.49. The molecule has 1 N–H and O–H groups in total. The number of carbonyl (C=O) groups excluding carboxylic acids is 1. The van der Waals surface area contributed by atoms with Crippen molar-refractivity contribution in [2.45, 2.75) is 26.3 Å². The fraction of sp³-hybridized carbons (Fsp3) is 0.545. The maximum absolute atomic E-state index is 11.3. The zero-order chi connectivity index (χ0) is 11.3. The number of hydrazone groups is 1. The van der Waals surface area contributed by atoms with Crippen molar-refractivity contribution >= 4 is 11.6 Å². The van der Waals surface area contributed by atoms with Crippen molar-refractivity contribution < 1.29 is 4.79 Å². The Balaban J connectivity index is 1.90. The second kappa shape index (κ2) is 3.17. The minimum atomic E-state index is 0.0602.